The number of nitrogens with zero attached hydrogens (tertiary/aromatic N) is 3. The van der Waals surface area contributed by atoms with Crippen molar-refractivity contribution in [2.24, 2.45) is 0 Å². The number of benzene rings is 1. The van der Waals surface area contributed by atoms with Crippen LogP contribution in [-0.4, -0.2) is 20.3 Å². The Morgan fingerprint density at radius 1 is 1.27 bits per heavy atom. The second-order valence-electron chi connectivity index (χ2n) is 5.86. The molecule has 1 aromatic carbocycles. The molecule has 0 aliphatic rings. The summed E-state index contributed by atoms with van der Waals surface area (Å²) in [4.78, 5) is 20.9. The molecule has 0 bridgehead atoms. The number of rotatable bonds is 5. The highest BCUT2D eigenvalue weighted by Crippen LogP contribution is 2.32. The van der Waals surface area contributed by atoms with Crippen molar-refractivity contribution < 1.29 is 18.0 Å². The molecule has 5 nitrogen and oxygen atoms in total. The first-order chi connectivity index (χ1) is 12.4. The van der Waals surface area contributed by atoms with Crippen LogP contribution in [0, 0.1) is 0 Å². The average molecular weight is 362 g/mol. The van der Waals surface area contributed by atoms with Crippen LogP contribution in [0.2, 0.25) is 0 Å². The predicted molar refractivity (Wildman–Crippen MR) is 91.0 cm³/mol. The number of alkyl halides is 3. The number of nitrogens with one attached hydrogen (secondary N) is 1. The Labute approximate surface area is 147 Å². The molecule has 2 aromatic heterocycles. The number of aryl methyl sites for hydroxylation is 1. The molecule has 1 amide bonds. The maximum atomic E-state index is 13.1. The normalized spacial score (nSPS) is 11.7. The highest BCUT2D eigenvalue weighted by molar-refractivity contribution is 6.05. The summed E-state index contributed by atoms with van der Waals surface area (Å²) in [5.74, 6) is -0.499. The van der Waals surface area contributed by atoms with Gasteiger partial charge in [-0.15, -0.1) is 0 Å². The van der Waals surface area contributed by atoms with Gasteiger partial charge in [0.05, 0.1) is 17.3 Å². The number of hydrogen-bond acceptors (Lipinski definition) is 3. The number of carbonyl (C=O) groups excluding carboxylic acids is 1. The van der Waals surface area contributed by atoms with Gasteiger partial charge < -0.3 is 5.32 Å². The zero-order valence-electron chi connectivity index (χ0n) is 14.0. The lowest BCUT2D eigenvalue weighted by atomic mass is 10.1. The van der Waals surface area contributed by atoms with Gasteiger partial charge >= 0.3 is 6.18 Å². The summed E-state index contributed by atoms with van der Waals surface area (Å²) in [6.45, 7) is 2.05. The van der Waals surface area contributed by atoms with Gasteiger partial charge in [-0.3, -0.25) is 9.20 Å². The first kappa shape index (κ1) is 17.9. The van der Waals surface area contributed by atoms with E-state index in [1.54, 1.807) is 6.07 Å². The lowest BCUT2D eigenvalue weighted by Gasteiger charge is -2.14. The number of amides is 1. The van der Waals surface area contributed by atoms with Crippen molar-refractivity contribution in [1.82, 2.24) is 14.4 Å². The molecule has 0 aliphatic heterocycles. The Kier molecular flexibility index (Phi) is 4.92. The Morgan fingerprint density at radius 2 is 2.04 bits per heavy atom. The summed E-state index contributed by atoms with van der Waals surface area (Å²) in [7, 11) is 0. The second kappa shape index (κ2) is 7.15. The molecule has 0 aliphatic carbocycles. The number of aromatic nitrogens is 3. The van der Waals surface area contributed by atoms with Gasteiger partial charge in [0.25, 0.3) is 5.91 Å². The van der Waals surface area contributed by atoms with Crippen molar-refractivity contribution in [3.05, 3.63) is 59.7 Å². The number of carbonyl (C=O) groups is 1. The molecule has 3 aromatic rings. The molecule has 0 saturated heterocycles. The molecule has 2 heterocycles. The number of hydrogen-bond donors (Lipinski definition) is 1. The van der Waals surface area contributed by atoms with Gasteiger partial charge in [-0.1, -0.05) is 25.5 Å². The fraction of sp³-hybridized carbons (Fsp3) is 0.278. The lowest BCUT2D eigenvalue weighted by Crippen LogP contribution is -2.20. The summed E-state index contributed by atoms with van der Waals surface area (Å²) in [6.07, 6.45) is 0.989. The van der Waals surface area contributed by atoms with Crippen LogP contribution in [0.5, 0.6) is 0 Å². The molecule has 0 saturated carbocycles. The number of imidazole rings is 1. The second-order valence-corrected chi connectivity index (χ2v) is 5.86. The molecular weight excluding hydrogens is 345 g/mol. The topological polar surface area (TPSA) is 59.3 Å². The van der Waals surface area contributed by atoms with E-state index in [4.69, 9.17) is 0 Å². The molecule has 3 rings (SSSR count). The first-order valence-electron chi connectivity index (χ1n) is 8.19. The van der Waals surface area contributed by atoms with Gasteiger partial charge in [0, 0.05) is 11.8 Å². The summed E-state index contributed by atoms with van der Waals surface area (Å²) in [5, 5.41) is 2.56. The van der Waals surface area contributed by atoms with Crippen LogP contribution >= 0.6 is 0 Å². The first-order valence-corrected chi connectivity index (χ1v) is 8.19. The Bertz CT molecular complexity index is 934. The van der Waals surface area contributed by atoms with Gasteiger partial charge in [0.2, 0.25) is 0 Å². The molecule has 26 heavy (non-hydrogen) atoms. The third-order valence-electron chi connectivity index (χ3n) is 3.95. The Hall–Kier alpha value is -2.90. The average Bonchev–Trinajstić information content (AvgIpc) is 3.08. The molecule has 0 radical (unpaired) electrons. The smallest absolute Gasteiger partial charge is 0.308 e. The zero-order valence-corrected chi connectivity index (χ0v) is 14.0. The molecule has 0 unspecified atom stereocenters. The Morgan fingerprint density at radius 3 is 2.77 bits per heavy atom. The van der Waals surface area contributed by atoms with E-state index in [0.717, 1.165) is 30.7 Å². The van der Waals surface area contributed by atoms with Gasteiger partial charge in [0.1, 0.15) is 12.1 Å². The van der Waals surface area contributed by atoms with E-state index in [1.165, 1.54) is 29.1 Å². The SMILES string of the molecule is CCCCc1cc(NC(=O)c2ccccc2C(F)(F)F)n2cncc2n1. The van der Waals surface area contributed by atoms with E-state index >= 15 is 0 Å². The predicted octanol–water partition coefficient (Wildman–Crippen LogP) is 4.34. The van der Waals surface area contributed by atoms with Crippen LogP contribution in [0.25, 0.3) is 5.65 Å². The number of anilines is 1. The van der Waals surface area contributed by atoms with E-state index in [2.05, 4.69) is 15.3 Å². The van der Waals surface area contributed by atoms with E-state index in [1.807, 2.05) is 6.92 Å². The fourth-order valence-corrected chi connectivity index (χ4v) is 2.66. The van der Waals surface area contributed by atoms with Crippen molar-refractivity contribution in [1.29, 1.82) is 0 Å². The Balaban J connectivity index is 1.96. The van der Waals surface area contributed by atoms with Crippen molar-refractivity contribution in [3.8, 4) is 0 Å². The van der Waals surface area contributed by atoms with Crippen molar-refractivity contribution in [2.75, 3.05) is 5.32 Å². The van der Waals surface area contributed by atoms with Crippen molar-refractivity contribution >= 4 is 17.4 Å². The van der Waals surface area contributed by atoms with Crippen LogP contribution in [0.1, 0.15) is 41.4 Å². The minimum atomic E-state index is -4.61. The zero-order chi connectivity index (χ0) is 18.7. The van der Waals surface area contributed by atoms with Gasteiger partial charge in [-0.05, 0) is 25.0 Å². The van der Waals surface area contributed by atoms with E-state index < -0.39 is 23.2 Å². The molecular formula is C18H17F3N4O. The third-order valence-corrected chi connectivity index (χ3v) is 3.95. The highest BCUT2D eigenvalue weighted by atomic mass is 19.4. The highest BCUT2D eigenvalue weighted by Gasteiger charge is 2.34. The number of unbranched alkanes of at least 4 members (excludes halogenated alkanes) is 1. The lowest BCUT2D eigenvalue weighted by molar-refractivity contribution is -0.137. The maximum Gasteiger partial charge on any atom is 0.417 e. The number of halogens is 3. The third kappa shape index (κ3) is 3.68. The monoisotopic (exact) mass is 362 g/mol. The fourth-order valence-electron chi connectivity index (χ4n) is 2.66. The van der Waals surface area contributed by atoms with E-state index in [0.29, 0.717) is 17.9 Å². The molecule has 136 valence electrons. The van der Waals surface area contributed by atoms with Gasteiger partial charge in [0.15, 0.2) is 5.65 Å². The van der Waals surface area contributed by atoms with Crippen LogP contribution < -0.4 is 5.32 Å². The molecule has 1 N–H and O–H groups in total. The standard InChI is InChI=1S/C18H17F3N4O/c1-2-3-6-12-9-15(25-11-22-10-16(25)23-12)24-17(26)13-7-4-5-8-14(13)18(19,20)21/h4-5,7-11H,2-3,6H2,1H3,(H,24,26). The minimum absolute atomic E-state index is 0.334. The molecule has 0 fully saturated rings. The summed E-state index contributed by atoms with van der Waals surface area (Å²) in [6, 6.07) is 6.36. The molecule has 8 heteroatoms. The molecule has 0 atom stereocenters. The summed E-state index contributed by atoms with van der Waals surface area (Å²) < 4.78 is 41.0. The van der Waals surface area contributed by atoms with E-state index in [-0.39, 0.29) is 0 Å². The number of fused-ring (bicyclic) bond motifs is 1. The van der Waals surface area contributed by atoms with Crippen molar-refractivity contribution in [2.45, 2.75) is 32.4 Å². The summed E-state index contributed by atoms with van der Waals surface area (Å²) in [5.41, 5.74) is -0.128. The van der Waals surface area contributed by atoms with Crippen LogP contribution in [-0.2, 0) is 12.6 Å². The van der Waals surface area contributed by atoms with Crippen LogP contribution in [0.4, 0.5) is 19.0 Å². The molecule has 0 spiro atoms. The van der Waals surface area contributed by atoms with Crippen LogP contribution in [0.3, 0.4) is 0 Å². The van der Waals surface area contributed by atoms with Crippen molar-refractivity contribution in [3.63, 3.8) is 0 Å². The van der Waals surface area contributed by atoms with E-state index in [9.17, 15) is 18.0 Å². The maximum absolute atomic E-state index is 13.1. The van der Waals surface area contributed by atoms with Gasteiger partial charge in [-0.2, -0.15) is 13.2 Å². The quantitative estimate of drug-likeness (QED) is 0.734. The van der Waals surface area contributed by atoms with Gasteiger partial charge in [-0.25, -0.2) is 9.97 Å². The minimum Gasteiger partial charge on any atom is -0.308 e. The largest absolute Gasteiger partial charge is 0.417 e. The summed E-state index contributed by atoms with van der Waals surface area (Å²) >= 11 is 0. The van der Waals surface area contributed by atoms with Crippen LogP contribution in [0.15, 0.2) is 42.9 Å².